The Morgan fingerprint density at radius 3 is 2.89 bits per heavy atom. The number of hydrogen-bond acceptors (Lipinski definition) is 3. The van der Waals surface area contributed by atoms with Crippen LogP contribution in [-0.2, 0) is 0 Å². The van der Waals surface area contributed by atoms with Gasteiger partial charge in [-0.3, -0.25) is 4.98 Å². The molecule has 0 aromatic carbocycles. The number of rotatable bonds is 5. The quantitative estimate of drug-likeness (QED) is 0.898. The van der Waals surface area contributed by atoms with Gasteiger partial charge >= 0.3 is 0 Å². The van der Waals surface area contributed by atoms with Crippen molar-refractivity contribution in [2.45, 2.75) is 13.8 Å². The second-order valence-electron chi connectivity index (χ2n) is 4.71. The van der Waals surface area contributed by atoms with Gasteiger partial charge in [-0.05, 0) is 12.0 Å². The lowest BCUT2D eigenvalue weighted by Crippen LogP contribution is -2.07. The second kappa shape index (κ2) is 5.65. The molecule has 0 aliphatic heterocycles. The molecule has 0 unspecified atom stereocenters. The highest BCUT2D eigenvalue weighted by atomic mass is 19.1. The van der Waals surface area contributed by atoms with Gasteiger partial charge < -0.3 is 5.32 Å². The van der Waals surface area contributed by atoms with Crippen LogP contribution in [-0.4, -0.2) is 21.3 Å². The van der Waals surface area contributed by atoms with Gasteiger partial charge in [-0.25, -0.2) is 9.07 Å². The summed E-state index contributed by atoms with van der Waals surface area (Å²) in [6.07, 6.45) is 6.22. The van der Waals surface area contributed by atoms with Gasteiger partial charge in [0.05, 0.1) is 30.0 Å². The van der Waals surface area contributed by atoms with Gasteiger partial charge in [0.15, 0.2) is 0 Å². The third kappa shape index (κ3) is 3.19. The van der Waals surface area contributed by atoms with E-state index in [2.05, 4.69) is 35.8 Å². The Morgan fingerprint density at radius 2 is 2.26 bits per heavy atom. The summed E-state index contributed by atoms with van der Waals surface area (Å²) in [6, 6.07) is 1.39. The lowest BCUT2D eigenvalue weighted by atomic mass is 10.2. The normalized spacial score (nSPS) is 10.7. The van der Waals surface area contributed by atoms with Crippen LogP contribution in [0.25, 0.3) is 11.8 Å². The molecular weight excluding hydrogens is 243 g/mol. The van der Waals surface area contributed by atoms with E-state index in [4.69, 9.17) is 0 Å². The van der Waals surface area contributed by atoms with Crippen molar-refractivity contribution in [3.63, 3.8) is 0 Å². The SMILES string of the molecule is C=Cc1nn(-c2cncc(F)c2)cc1NCC(C)C. The number of anilines is 1. The molecule has 5 heteroatoms. The van der Waals surface area contributed by atoms with Crippen LogP contribution in [0.5, 0.6) is 0 Å². The van der Waals surface area contributed by atoms with Crippen LogP contribution < -0.4 is 5.32 Å². The van der Waals surface area contributed by atoms with Crippen LogP contribution in [0.4, 0.5) is 10.1 Å². The standard InChI is InChI=1S/C14H17FN4/c1-4-13-14(17-6-10(2)3)9-19(18-13)12-5-11(15)7-16-8-12/h4-5,7-10,17H,1,6H2,2-3H3. The Labute approximate surface area is 112 Å². The van der Waals surface area contributed by atoms with E-state index in [0.717, 1.165) is 17.9 Å². The first-order chi connectivity index (χ1) is 9.10. The summed E-state index contributed by atoms with van der Waals surface area (Å²) in [7, 11) is 0. The van der Waals surface area contributed by atoms with Gasteiger partial charge in [0.25, 0.3) is 0 Å². The molecule has 0 aliphatic rings. The fourth-order valence-electron chi connectivity index (χ4n) is 1.65. The van der Waals surface area contributed by atoms with E-state index >= 15 is 0 Å². The number of pyridine rings is 1. The van der Waals surface area contributed by atoms with Crippen LogP contribution >= 0.6 is 0 Å². The molecule has 4 nitrogen and oxygen atoms in total. The maximum absolute atomic E-state index is 13.2. The van der Waals surface area contributed by atoms with Crippen molar-refractivity contribution in [3.8, 4) is 5.69 Å². The monoisotopic (exact) mass is 260 g/mol. The highest BCUT2D eigenvalue weighted by molar-refractivity contribution is 5.62. The van der Waals surface area contributed by atoms with Gasteiger partial charge in [-0.15, -0.1) is 0 Å². The van der Waals surface area contributed by atoms with E-state index in [9.17, 15) is 4.39 Å². The molecule has 0 saturated heterocycles. The van der Waals surface area contributed by atoms with E-state index < -0.39 is 0 Å². The first-order valence-electron chi connectivity index (χ1n) is 6.17. The lowest BCUT2D eigenvalue weighted by molar-refractivity contribution is 0.618. The molecule has 2 aromatic rings. The lowest BCUT2D eigenvalue weighted by Gasteiger charge is -2.06. The highest BCUT2D eigenvalue weighted by Gasteiger charge is 2.08. The summed E-state index contributed by atoms with van der Waals surface area (Å²) in [6.45, 7) is 8.83. The van der Waals surface area contributed by atoms with Gasteiger partial charge in [0.2, 0.25) is 0 Å². The summed E-state index contributed by atoms with van der Waals surface area (Å²) in [5.74, 6) is 0.140. The third-order valence-corrected chi connectivity index (χ3v) is 2.59. The van der Waals surface area contributed by atoms with Crippen molar-refractivity contribution in [1.82, 2.24) is 14.8 Å². The Morgan fingerprint density at radius 1 is 1.47 bits per heavy atom. The minimum absolute atomic E-state index is 0.384. The first kappa shape index (κ1) is 13.3. The van der Waals surface area contributed by atoms with Crippen LogP contribution in [0.3, 0.4) is 0 Å². The molecule has 2 heterocycles. The Balaban J connectivity index is 2.30. The van der Waals surface area contributed by atoms with Crippen LogP contribution in [0.2, 0.25) is 0 Å². The molecule has 0 fully saturated rings. The fraction of sp³-hybridized carbons (Fsp3) is 0.286. The van der Waals surface area contributed by atoms with E-state index in [-0.39, 0.29) is 5.82 Å². The minimum atomic E-state index is -0.384. The summed E-state index contributed by atoms with van der Waals surface area (Å²) >= 11 is 0. The first-order valence-corrected chi connectivity index (χ1v) is 6.17. The number of nitrogens with zero attached hydrogens (tertiary/aromatic N) is 3. The molecule has 0 aliphatic carbocycles. The molecule has 1 N–H and O–H groups in total. The number of halogens is 1. The van der Waals surface area contributed by atoms with Crippen molar-refractivity contribution in [3.05, 3.63) is 42.7 Å². The Kier molecular flexibility index (Phi) is 3.94. The average molecular weight is 260 g/mol. The minimum Gasteiger partial charge on any atom is -0.382 e. The number of hydrogen-bond donors (Lipinski definition) is 1. The van der Waals surface area contributed by atoms with Gasteiger partial charge in [-0.1, -0.05) is 20.4 Å². The Hall–Kier alpha value is -2.17. The summed E-state index contributed by atoms with van der Waals surface area (Å²) in [4.78, 5) is 3.82. The fourth-order valence-corrected chi connectivity index (χ4v) is 1.65. The van der Waals surface area contributed by atoms with Crippen molar-refractivity contribution >= 4 is 11.8 Å². The predicted molar refractivity (Wildman–Crippen MR) is 74.7 cm³/mol. The maximum atomic E-state index is 13.2. The van der Waals surface area contributed by atoms with E-state index in [1.807, 2.05) is 6.20 Å². The predicted octanol–water partition coefficient (Wildman–Crippen LogP) is 3.12. The zero-order valence-corrected chi connectivity index (χ0v) is 11.1. The topological polar surface area (TPSA) is 42.7 Å². The molecule has 100 valence electrons. The zero-order chi connectivity index (χ0) is 13.8. The molecule has 2 rings (SSSR count). The van der Waals surface area contributed by atoms with Crippen molar-refractivity contribution in [2.24, 2.45) is 5.92 Å². The van der Waals surface area contributed by atoms with Crippen LogP contribution in [0.1, 0.15) is 19.5 Å². The highest BCUT2D eigenvalue weighted by Crippen LogP contribution is 2.18. The largest absolute Gasteiger partial charge is 0.382 e. The van der Waals surface area contributed by atoms with Crippen LogP contribution in [0.15, 0.2) is 31.2 Å². The molecule has 0 spiro atoms. The molecule has 19 heavy (non-hydrogen) atoms. The molecule has 0 amide bonds. The molecule has 0 radical (unpaired) electrons. The van der Waals surface area contributed by atoms with Crippen molar-refractivity contribution in [1.29, 1.82) is 0 Å². The van der Waals surface area contributed by atoms with Crippen LogP contribution in [0, 0.1) is 11.7 Å². The summed E-state index contributed by atoms with van der Waals surface area (Å²) in [5.41, 5.74) is 2.21. The van der Waals surface area contributed by atoms with Crippen molar-refractivity contribution in [2.75, 3.05) is 11.9 Å². The average Bonchev–Trinajstić information content (AvgIpc) is 2.79. The molecule has 2 aromatic heterocycles. The summed E-state index contributed by atoms with van der Waals surface area (Å²) in [5, 5.41) is 7.65. The number of nitrogens with one attached hydrogen (secondary N) is 1. The second-order valence-corrected chi connectivity index (χ2v) is 4.71. The smallest absolute Gasteiger partial charge is 0.143 e. The molecular formula is C14H17FN4. The maximum Gasteiger partial charge on any atom is 0.143 e. The zero-order valence-electron chi connectivity index (χ0n) is 11.1. The number of aromatic nitrogens is 3. The van der Waals surface area contributed by atoms with Gasteiger partial charge in [0.1, 0.15) is 11.5 Å². The van der Waals surface area contributed by atoms with E-state index in [0.29, 0.717) is 11.6 Å². The molecule has 0 bridgehead atoms. The Bertz CT molecular complexity index is 575. The van der Waals surface area contributed by atoms with Crippen molar-refractivity contribution < 1.29 is 4.39 Å². The van der Waals surface area contributed by atoms with Gasteiger partial charge in [0, 0.05) is 12.6 Å². The third-order valence-electron chi connectivity index (χ3n) is 2.59. The summed E-state index contributed by atoms with van der Waals surface area (Å²) < 4.78 is 14.7. The van der Waals surface area contributed by atoms with E-state index in [1.54, 1.807) is 17.0 Å². The molecule has 0 atom stereocenters. The van der Waals surface area contributed by atoms with Gasteiger partial charge in [-0.2, -0.15) is 5.10 Å². The molecule has 0 saturated carbocycles. The van der Waals surface area contributed by atoms with E-state index in [1.165, 1.54) is 12.3 Å².